The molecule has 8 nitrogen and oxygen atoms in total. The van der Waals surface area contributed by atoms with Crippen LogP contribution in [-0.4, -0.2) is 78.7 Å². The van der Waals surface area contributed by atoms with E-state index in [-0.39, 0.29) is 0 Å². The molecule has 0 atom stereocenters. The first-order valence-electron chi connectivity index (χ1n) is 15.9. The normalized spacial score (nSPS) is 21.6. The molecule has 1 aliphatic carbocycles. The maximum absolute atomic E-state index is 6.74. The number of rotatable bonds is 6. The Morgan fingerprint density at radius 3 is 2.58 bits per heavy atom. The molecular formula is C33H41ClN8S. The number of benzene rings is 2. The number of nitrogens with one attached hydrogen (secondary N) is 1. The van der Waals surface area contributed by atoms with Crippen LogP contribution in [0.3, 0.4) is 0 Å². The molecule has 0 amide bonds. The molecule has 3 fully saturated rings. The van der Waals surface area contributed by atoms with Crippen molar-refractivity contribution in [3.63, 3.8) is 0 Å². The standard InChI is InChI=1S/C33H41ClN8S/c1-4-23-19-29(40-12-8-24(9-13-40)39-16-14-38(3)15-17-39)22(2)18-27(23)36-32-35-20-26(34)31(37-32)42-28-7-5-6-25-30(28)41(43-42)21-33(25)10-11-33/h5-7,18-20,24H,4,8-17,21H2,1-3H3,(H,35,36,37). The molecule has 1 saturated carbocycles. The zero-order valence-electron chi connectivity index (χ0n) is 25.4. The molecule has 43 heavy (non-hydrogen) atoms. The van der Waals surface area contributed by atoms with Gasteiger partial charge in [-0.1, -0.05) is 30.7 Å². The van der Waals surface area contributed by atoms with Gasteiger partial charge in [-0.05, 0) is 81.0 Å². The molecule has 4 aliphatic heterocycles. The van der Waals surface area contributed by atoms with E-state index in [2.05, 4.69) is 84.8 Å². The van der Waals surface area contributed by atoms with Crippen LogP contribution in [0.1, 0.15) is 49.3 Å². The minimum absolute atomic E-state index is 0.369. The smallest absolute Gasteiger partial charge is 0.229 e. The number of nitrogens with zero attached hydrogens (tertiary/aromatic N) is 7. The predicted molar refractivity (Wildman–Crippen MR) is 180 cm³/mol. The number of piperidine rings is 1. The molecule has 0 radical (unpaired) electrons. The van der Waals surface area contributed by atoms with Gasteiger partial charge in [0.25, 0.3) is 0 Å². The fourth-order valence-corrected chi connectivity index (χ4v) is 9.05. The van der Waals surface area contributed by atoms with Gasteiger partial charge in [-0.3, -0.25) is 9.21 Å². The van der Waals surface area contributed by atoms with Crippen molar-refractivity contribution in [2.45, 2.75) is 57.4 Å². The van der Waals surface area contributed by atoms with Gasteiger partial charge >= 0.3 is 0 Å². The summed E-state index contributed by atoms with van der Waals surface area (Å²) in [5, 5.41) is 4.12. The second-order valence-electron chi connectivity index (χ2n) is 13.1. The number of hydrogen-bond acceptors (Lipinski definition) is 9. The van der Waals surface area contributed by atoms with Crippen LogP contribution < -0.4 is 18.8 Å². The lowest BCUT2D eigenvalue weighted by Crippen LogP contribution is -2.52. The Balaban J connectivity index is 1.00. The Morgan fingerprint density at radius 1 is 1.05 bits per heavy atom. The summed E-state index contributed by atoms with van der Waals surface area (Å²) >= 11 is 8.45. The van der Waals surface area contributed by atoms with E-state index in [4.69, 9.17) is 16.6 Å². The molecule has 1 spiro atoms. The van der Waals surface area contributed by atoms with Crippen molar-refractivity contribution >= 4 is 58.3 Å². The summed E-state index contributed by atoms with van der Waals surface area (Å²) < 4.78 is 4.60. The molecule has 5 heterocycles. The van der Waals surface area contributed by atoms with Gasteiger partial charge in [0.05, 0.1) is 29.7 Å². The van der Waals surface area contributed by atoms with Crippen LogP contribution in [0, 0.1) is 6.92 Å². The van der Waals surface area contributed by atoms with Gasteiger partial charge in [-0.2, -0.15) is 4.98 Å². The fourth-order valence-electron chi connectivity index (χ4n) is 7.60. The van der Waals surface area contributed by atoms with Gasteiger partial charge in [0, 0.05) is 68.6 Å². The highest BCUT2D eigenvalue weighted by Crippen LogP contribution is 2.64. The fraction of sp³-hybridized carbons (Fsp3) is 0.515. The summed E-state index contributed by atoms with van der Waals surface area (Å²) in [7, 11) is 2.24. The minimum atomic E-state index is 0.369. The van der Waals surface area contributed by atoms with E-state index in [1.807, 2.05) is 0 Å². The second-order valence-corrected chi connectivity index (χ2v) is 14.4. The van der Waals surface area contributed by atoms with E-state index in [1.165, 1.54) is 85.6 Å². The number of para-hydroxylation sites is 1. The first-order valence-corrected chi connectivity index (χ1v) is 17.0. The maximum Gasteiger partial charge on any atom is 0.229 e. The van der Waals surface area contributed by atoms with E-state index < -0.39 is 0 Å². The third-order valence-electron chi connectivity index (χ3n) is 10.4. The lowest BCUT2D eigenvalue weighted by atomic mass is 9.98. The Hall–Kier alpha value is -2.72. The number of anilines is 6. The van der Waals surface area contributed by atoms with E-state index in [0.29, 0.717) is 16.4 Å². The first-order chi connectivity index (χ1) is 20.9. The van der Waals surface area contributed by atoms with Gasteiger partial charge in [0.15, 0.2) is 5.82 Å². The van der Waals surface area contributed by atoms with Gasteiger partial charge in [0.1, 0.15) is 5.02 Å². The predicted octanol–water partition coefficient (Wildman–Crippen LogP) is 6.53. The summed E-state index contributed by atoms with van der Waals surface area (Å²) in [4.78, 5) is 17.3. The highest BCUT2D eigenvalue weighted by molar-refractivity contribution is 8.02. The van der Waals surface area contributed by atoms with Crippen molar-refractivity contribution in [2.24, 2.45) is 0 Å². The van der Waals surface area contributed by atoms with Gasteiger partial charge in [0.2, 0.25) is 5.95 Å². The van der Waals surface area contributed by atoms with Gasteiger partial charge in [-0.25, -0.2) is 9.29 Å². The van der Waals surface area contributed by atoms with Crippen molar-refractivity contribution in [3.05, 3.63) is 58.2 Å². The molecule has 0 bridgehead atoms. The molecule has 0 unspecified atom stereocenters. The molecule has 2 aromatic carbocycles. The molecule has 226 valence electrons. The van der Waals surface area contributed by atoms with E-state index >= 15 is 0 Å². The summed E-state index contributed by atoms with van der Waals surface area (Å²) in [5.74, 6) is 1.30. The van der Waals surface area contributed by atoms with Crippen LogP contribution >= 0.6 is 23.7 Å². The number of aromatic nitrogens is 2. The quantitative estimate of drug-likeness (QED) is 0.312. The zero-order chi connectivity index (χ0) is 29.3. The highest BCUT2D eigenvalue weighted by atomic mass is 35.5. The summed E-state index contributed by atoms with van der Waals surface area (Å²) in [6.45, 7) is 12.5. The Bertz CT molecular complexity index is 1540. The van der Waals surface area contributed by atoms with Crippen molar-refractivity contribution in [2.75, 3.05) is 71.7 Å². The number of halogens is 1. The van der Waals surface area contributed by atoms with Crippen LogP contribution in [-0.2, 0) is 11.8 Å². The van der Waals surface area contributed by atoms with E-state index in [9.17, 15) is 0 Å². The molecular weight excluding hydrogens is 576 g/mol. The molecule has 1 N–H and O–H groups in total. The first kappa shape index (κ1) is 27.8. The molecule has 8 rings (SSSR count). The van der Waals surface area contributed by atoms with Crippen molar-refractivity contribution in [1.29, 1.82) is 0 Å². The molecule has 10 heteroatoms. The average molecular weight is 617 g/mol. The van der Waals surface area contributed by atoms with Crippen molar-refractivity contribution in [3.8, 4) is 0 Å². The lowest BCUT2D eigenvalue weighted by molar-refractivity contribution is 0.0982. The molecule has 5 aliphatic rings. The molecule has 2 saturated heterocycles. The SMILES string of the molecule is CCc1cc(N2CCC(N3CCN(C)CC3)CC2)c(C)cc1Nc1ncc(Cl)c(N2SN3CC4(CC4)c4cccc2c43)n1. The summed E-state index contributed by atoms with van der Waals surface area (Å²) in [6, 6.07) is 12.0. The summed E-state index contributed by atoms with van der Waals surface area (Å²) in [5.41, 5.74) is 9.35. The Labute approximate surface area is 264 Å². The lowest BCUT2D eigenvalue weighted by Gasteiger charge is -2.43. The Kier molecular flexibility index (Phi) is 6.93. The second kappa shape index (κ2) is 10.7. The van der Waals surface area contributed by atoms with Gasteiger partial charge < -0.3 is 15.1 Å². The van der Waals surface area contributed by atoms with Gasteiger partial charge in [-0.15, -0.1) is 0 Å². The van der Waals surface area contributed by atoms with E-state index in [1.54, 1.807) is 18.3 Å². The maximum atomic E-state index is 6.74. The van der Waals surface area contributed by atoms with Crippen LogP contribution in [0.5, 0.6) is 0 Å². The monoisotopic (exact) mass is 616 g/mol. The third kappa shape index (κ3) is 4.83. The number of fused-ring (bicyclic) bond motifs is 1. The van der Waals surface area contributed by atoms with Crippen LogP contribution in [0.15, 0.2) is 36.5 Å². The van der Waals surface area contributed by atoms with Crippen molar-refractivity contribution < 1.29 is 0 Å². The zero-order valence-corrected chi connectivity index (χ0v) is 27.0. The third-order valence-corrected chi connectivity index (χ3v) is 11.7. The number of likely N-dealkylation sites (N-methyl/N-ethyl adjacent to an activating group) is 1. The van der Waals surface area contributed by atoms with Crippen LogP contribution in [0.2, 0.25) is 5.02 Å². The number of aryl methyl sites for hydroxylation is 2. The summed E-state index contributed by atoms with van der Waals surface area (Å²) in [6.07, 6.45) is 7.71. The number of hydrogen-bond donors (Lipinski definition) is 1. The largest absolute Gasteiger partial charge is 0.371 e. The minimum Gasteiger partial charge on any atom is -0.371 e. The topological polar surface area (TPSA) is 54.0 Å². The highest BCUT2D eigenvalue weighted by Gasteiger charge is 2.55. The van der Waals surface area contributed by atoms with Crippen LogP contribution in [0.25, 0.3) is 0 Å². The van der Waals surface area contributed by atoms with Crippen molar-refractivity contribution in [1.82, 2.24) is 19.8 Å². The Morgan fingerprint density at radius 2 is 1.84 bits per heavy atom. The average Bonchev–Trinajstić information content (AvgIpc) is 3.62. The van der Waals surface area contributed by atoms with E-state index in [0.717, 1.165) is 43.6 Å². The van der Waals surface area contributed by atoms with Crippen LogP contribution in [0.4, 0.5) is 34.5 Å². The molecule has 3 aromatic rings. The number of piperazine rings is 1. The molecule has 1 aromatic heterocycles.